The molecule has 0 aliphatic carbocycles. The van der Waals surface area contributed by atoms with Gasteiger partial charge in [-0.2, -0.15) is 0 Å². The summed E-state index contributed by atoms with van der Waals surface area (Å²) in [7, 11) is 0. The van der Waals surface area contributed by atoms with Crippen LogP contribution in [0.2, 0.25) is 0 Å². The Bertz CT molecular complexity index is 190. The van der Waals surface area contributed by atoms with E-state index < -0.39 is 0 Å². The van der Waals surface area contributed by atoms with Crippen molar-refractivity contribution in [3.8, 4) is 0 Å². The minimum absolute atomic E-state index is 0.113. The molecule has 96 valence electrons. The maximum absolute atomic E-state index is 11.5. The molecule has 0 spiro atoms. The minimum Gasteiger partial charge on any atom is -0.354 e. The van der Waals surface area contributed by atoms with Gasteiger partial charge in [0.25, 0.3) is 0 Å². The number of hydrogen-bond acceptors (Lipinski definition) is 2. The second-order valence-corrected chi connectivity index (χ2v) is 5.31. The standard InChI is InChI=1S/C13H28N2O/c1-10(2)6-5-7-12(4)15-13(16)9-8-11(3)14/h10-12H,5-9,14H2,1-4H3,(H,15,16). The molecular weight excluding hydrogens is 200 g/mol. The zero-order valence-corrected chi connectivity index (χ0v) is 11.3. The van der Waals surface area contributed by atoms with E-state index >= 15 is 0 Å². The fraction of sp³-hybridized carbons (Fsp3) is 0.923. The van der Waals surface area contributed by atoms with Crippen molar-refractivity contribution in [1.82, 2.24) is 5.32 Å². The van der Waals surface area contributed by atoms with Crippen LogP contribution in [0.15, 0.2) is 0 Å². The van der Waals surface area contributed by atoms with Gasteiger partial charge < -0.3 is 11.1 Å². The van der Waals surface area contributed by atoms with Crippen LogP contribution in [0.25, 0.3) is 0 Å². The molecule has 1 amide bonds. The van der Waals surface area contributed by atoms with Crippen LogP contribution < -0.4 is 11.1 Å². The highest BCUT2D eigenvalue weighted by molar-refractivity contribution is 5.76. The largest absolute Gasteiger partial charge is 0.354 e. The molecule has 3 N–H and O–H groups in total. The van der Waals surface area contributed by atoms with Crippen LogP contribution in [0.4, 0.5) is 0 Å². The maximum atomic E-state index is 11.5. The molecular formula is C13H28N2O. The molecule has 0 fully saturated rings. The van der Waals surface area contributed by atoms with Crippen LogP contribution >= 0.6 is 0 Å². The van der Waals surface area contributed by atoms with Crippen LogP contribution in [-0.2, 0) is 4.79 Å². The fourth-order valence-electron chi connectivity index (χ4n) is 1.61. The highest BCUT2D eigenvalue weighted by Gasteiger charge is 2.08. The first-order valence-electron chi connectivity index (χ1n) is 6.46. The fourth-order valence-corrected chi connectivity index (χ4v) is 1.61. The van der Waals surface area contributed by atoms with E-state index in [1.54, 1.807) is 0 Å². The zero-order chi connectivity index (χ0) is 12.6. The zero-order valence-electron chi connectivity index (χ0n) is 11.3. The van der Waals surface area contributed by atoms with Gasteiger partial charge in [0, 0.05) is 18.5 Å². The van der Waals surface area contributed by atoms with Crippen molar-refractivity contribution in [1.29, 1.82) is 0 Å². The number of carbonyl (C=O) groups is 1. The summed E-state index contributed by atoms with van der Waals surface area (Å²) in [5.74, 6) is 0.885. The molecule has 0 aromatic heterocycles. The molecule has 0 rings (SSSR count). The quantitative estimate of drug-likeness (QED) is 0.670. The van der Waals surface area contributed by atoms with E-state index in [9.17, 15) is 4.79 Å². The molecule has 2 atom stereocenters. The molecule has 3 heteroatoms. The van der Waals surface area contributed by atoms with Crippen LogP contribution in [0.5, 0.6) is 0 Å². The topological polar surface area (TPSA) is 55.1 Å². The van der Waals surface area contributed by atoms with Gasteiger partial charge in [-0.15, -0.1) is 0 Å². The summed E-state index contributed by atoms with van der Waals surface area (Å²) in [5.41, 5.74) is 5.60. The number of nitrogens with one attached hydrogen (secondary N) is 1. The van der Waals surface area contributed by atoms with Gasteiger partial charge in [0.2, 0.25) is 5.91 Å². The summed E-state index contributed by atoms with van der Waals surface area (Å²) in [4.78, 5) is 11.5. The average Bonchev–Trinajstić information content (AvgIpc) is 2.14. The van der Waals surface area contributed by atoms with Crippen molar-refractivity contribution in [3.63, 3.8) is 0 Å². The lowest BCUT2D eigenvalue weighted by Crippen LogP contribution is -2.33. The van der Waals surface area contributed by atoms with Gasteiger partial charge in [0.1, 0.15) is 0 Å². The first-order chi connectivity index (χ1) is 7.41. The second-order valence-electron chi connectivity index (χ2n) is 5.31. The lowest BCUT2D eigenvalue weighted by atomic mass is 10.0. The van der Waals surface area contributed by atoms with Crippen molar-refractivity contribution >= 4 is 5.91 Å². The number of carbonyl (C=O) groups excluding carboxylic acids is 1. The minimum atomic E-state index is 0.113. The first-order valence-corrected chi connectivity index (χ1v) is 6.46. The summed E-state index contributed by atoms with van der Waals surface area (Å²) < 4.78 is 0. The molecule has 0 radical (unpaired) electrons. The van der Waals surface area contributed by atoms with Crippen LogP contribution in [-0.4, -0.2) is 18.0 Å². The molecule has 2 unspecified atom stereocenters. The Morgan fingerprint density at radius 3 is 2.25 bits per heavy atom. The van der Waals surface area contributed by atoms with Gasteiger partial charge in [-0.05, 0) is 32.6 Å². The van der Waals surface area contributed by atoms with Crippen LogP contribution in [0, 0.1) is 5.92 Å². The van der Waals surface area contributed by atoms with E-state index in [2.05, 4.69) is 26.1 Å². The lowest BCUT2D eigenvalue weighted by molar-refractivity contribution is -0.121. The van der Waals surface area contributed by atoms with E-state index in [4.69, 9.17) is 5.73 Å². The molecule has 0 heterocycles. The summed E-state index contributed by atoms with van der Waals surface area (Å²) in [6, 6.07) is 0.404. The Balaban J connectivity index is 3.54. The molecule has 0 aliphatic rings. The third-order valence-corrected chi connectivity index (χ3v) is 2.65. The Hall–Kier alpha value is -0.570. The SMILES string of the molecule is CC(C)CCCC(C)NC(=O)CCC(C)N. The van der Waals surface area contributed by atoms with Crippen molar-refractivity contribution in [2.75, 3.05) is 0 Å². The van der Waals surface area contributed by atoms with E-state index in [0.29, 0.717) is 12.5 Å². The van der Waals surface area contributed by atoms with Gasteiger partial charge in [-0.25, -0.2) is 0 Å². The number of amides is 1. The Morgan fingerprint density at radius 2 is 1.75 bits per heavy atom. The highest BCUT2D eigenvalue weighted by Crippen LogP contribution is 2.08. The van der Waals surface area contributed by atoms with Crippen molar-refractivity contribution in [2.24, 2.45) is 11.7 Å². The summed E-state index contributed by atoms with van der Waals surface area (Å²) in [5, 5.41) is 3.01. The van der Waals surface area contributed by atoms with E-state index in [0.717, 1.165) is 18.8 Å². The molecule has 16 heavy (non-hydrogen) atoms. The first kappa shape index (κ1) is 15.4. The molecule has 0 aromatic rings. The highest BCUT2D eigenvalue weighted by atomic mass is 16.1. The van der Waals surface area contributed by atoms with E-state index in [-0.39, 0.29) is 11.9 Å². The average molecular weight is 228 g/mol. The van der Waals surface area contributed by atoms with Gasteiger partial charge in [-0.3, -0.25) is 4.79 Å². The summed E-state index contributed by atoms with van der Waals surface area (Å²) in [6.45, 7) is 8.46. The predicted molar refractivity (Wildman–Crippen MR) is 69.2 cm³/mol. The third-order valence-electron chi connectivity index (χ3n) is 2.65. The van der Waals surface area contributed by atoms with Gasteiger partial charge in [0.05, 0.1) is 0 Å². The maximum Gasteiger partial charge on any atom is 0.220 e. The number of hydrogen-bond donors (Lipinski definition) is 2. The van der Waals surface area contributed by atoms with E-state index in [1.807, 2.05) is 6.92 Å². The van der Waals surface area contributed by atoms with Gasteiger partial charge >= 0.3 is 0 Å². The third kappa shape index (κ3) is 9.97. The Morgan fingerprint density at radius 1 is 1.12 bits per heavy atom. The number of rotatable bonds is 8. The lowest BCUT2D eigenvalue weighted by Gasteiger charge is -2.15. The molecule has 0 saturated carbocycles. The van der Waals surface area contributed by atoms with E-state index in [1.165, 1.54) is 12.8 Å². The smallest absolute Gasteiger partial charge is 0.220 e. The molecule has 0 aliphatic heterocycles. The normalized spacial score (nSPS) is 14.9. The van der Waals surface area contributed by atoms with Crippen LogP contribution in [0.1, 0.15) is 59.8 Å². The van der Waals surface area contributed by atoms with Gasteiger partial charge in [0.15, 0.2) is 0 Å². The predicted octanol–water partition coefficient (Wildman–Crippen LogP) is 2.44. The van der Waals surface area contributed by atoms with Crippen molar-refractivity contribution in [3.05, 3.63) is 0 Å². The molecule has 3 nitrogen and oxygen atoms in total. The van der Waals surface area contributed by atoms with Crippen LogP contribution in [0.3, 0.4) is 0 Å². The van der Waals surface area contributed by atoms with Crippen molar-refractivity contribution < 1.29 is 4.79 Å². The molecule has 0 saturated heterocycles. The molecule has 0 aromatic carbocycles. The molecule has 0 bridgehead atoms. The Labute approximate surface area is 100 Å². The van der Waals surface area contributed by atoms with Gasteiger partial charge in [-0.1, -0.05) is 26.7 Å². The Kier molecular flexibility index (Phi) is 8.26. The summed E-state index contributed by atoms with van der Waals surface area (Å²) in [6.07, 6.45) is 4.81. The summed E-state index contributed by atoms with van der Waals surface area (Å²) >= 11 is 0. The monoisotopic (exact) mass is 228 g/mol. The van der Waals surface area contributed by atoms with Crippen molar-refractivity contribution in [2.45, 2.75) is 71.9 Å². The second kappa shape index (κ2) is 8.57. The number of nitrogens with two attached hydrogens (primary N) is 1.